The summed E-state index contributed by atoms with van der Waals surface area (Å²) in [6.45, 7) is -1.33. The van der Waals surface area contributed by atoms with Crippen molar-refractivity contribution in [3.05, 3.63) is 82.1 Å². The molecule has 2 aromatic carbocycles. The molecule has 0 spiro atoms. The van der Waals surface area contributed by atoms with Gasteiger partial charge in [-0.3, -0.25) is 4.79 Å². The number of benzene rings is 2. The van der Waals surface area contributed by atoms with E-state index in [1.54, 1.807) is 30.3 Å². The number of rotatable bonds is 9. The quantitative estimate of drug-likeness (QED) is 0.434. The molecule has 0 fully saturated rings. The number of aliphatic hydroxyl groups is 3. The summed E-state index contributed by atoms with van der Waals surface area (Å²) in [6, 6.07) is 13.3. The second kappa shape index (κ2) is 10.0. The van der Waals surface area contributed by atoms with Crippen molar-refractivity contribution in [2.24, 2.45) is 0 Å². The minimum atomic E-state index is -4.63. The Balaban J connectivity index is 1.73. The molecule has 0 bridgehead atoms. The minimum absolute atomic E-state index is 0.0114. The van der Waals surface area contributed by atoms with E-state index < -0.39 is 30.7 Å². The van der Waals surface area contributed by atoms with Crippen LogP contribution in [-0.4, -0.2) is 44.1 Å². The first-order chi connectivity index (χ1) is 15.6. The van der Waals surface area contributed by atoms with Crippen molar-refractivity contribution in [3.63, 3.8) is 0 Å². The molecular weight excluding hydrogens is 461 g/mol. The fourth-order valence-electron chi connectivity index (χ4n) is 3.32. The van der Waals surface area contributed by atoms with Gasteiger partial charge in [0.05, 0.1) is 18.9 Å². The molecule has 1 aromatic heterocycles. The van der Waals surface area contributed by atoms with E-state index in [9.17, 15) is 33.3 Å². The number of halogens is 4. The smallest absolute Gasteiger partial charge is 0.393 e. The highest BCUT2D eigenvalue weighted by Crippen LogP contribution is 2.30. The number of aryl methyl sites for hydroxylation is 1. The molecule has 0 aliphatic carbocycles. The molecule has 0 atom stereocenters. The monoisotopic (exact) mass is 482 g/mol. The molecule has 3 aromatic rings. The lowest BCUT2D eigenvalue weighted by molar-refractivity contribution is -0.141. The Kier molecular flexibility index (Phi) is 7.58. The molecule has 3 N–H and O–H groups in total. The first-order valence-corrected chi connectivity index (χ1v) is 10.4. The highest BCUT2D eigenvalue weighted by Gasteiger charge is 2.35. The van der Waals surface area contributed by atoms with Crippen molar-refractivity contribution in [1.29, 1.82) is 0 Å². The van der Waals surface area contributed by atoms with Gasteiger partial charge < -0.3 is 15.3 Å². The maximum atomic E-state index is 13.2. The van der Waals surface area contributed by atoms with Gasteiger partial charge in [-0.15, -0.1) is 0 Å². The predicted molar refractivity (Wildman–Crippen MR) is 115 cm³/mol. The fraction of sp³-hybridized carbons (Fsp3) is 0.304. The first kappa shape index (κ1) is 24.9. The van der Waals surface area contributed by atoms with E-state index in [1.165, 1.54) is 18.2 Å². The van der Waals surface area contributed by atoms with Gasteiger partial charge in [0.2, 0.25) is 0 Å². The highest BCUT2D eigenvalue weighted by atomic mass is 35.5. The molecule has 1 heterocycles. The Morgan fingerprint density at radius 2 is 1.70 bits per heavy atom. The molecule has 0 radical (unpaired) electrons. The van der Waals surface area contributed by atoms with Crippen LogP contribution in [0.3, 0.4) is 0 Å². The Morgan fingerprint density at radius 3 is 2.27 bits per heavy atom. The lowest BCUT2D eigenvalue weighted by Gasteiger charge is -2.23. The lowest BCUT2D eigenvalue weighted by Crippen LogP contribution is -2.34. The van der Waals surface area contributed by atoms with Gasteiger partial charge in [-0.2, -0.15) is 18.3 Å². The summed E-state index contributed by atoms with van der Waals surface area (Å²) >= 11 is 5.96. The van der Waals surface area contributed by atoms with Gasteiger partial charge >= 0.3 is 6.18 Å². The average Bonchev–Trinajstić information content (AvgIpc) is 3.23. The molecule has 6 nitrogen and oxygen atoms in total. The zero-order valence-corrected chi connectivity index (χ0v) is 18.1. The summed E-state index contributed by atoms with van der Waals surface area (Å²) in [5.41, 5.74) is -1.33. The summed E-state index contributed by atoms with van der Waals surface area (Å²) in [4.78, 5) is 12.5. The molecule has 3 rings (SSSR count). The molecule has 0 aliphatic rings. The summed E-state index contributed by atoms with van der Waals surface area (Å²) < 4.78 is 40.8. The van der Waals surface area contributed by atoms with Gasteiger partial charge in [-0.25, -0.2) is 4.68 Å². The third-order valence-electron chi connectivity index (χ3n) is 5.20. The number of hydrogen-bond acceptors (Lipinski definition) is 5. The lowest BCUT2D eigenvalue weighted by atomic mass is 9.93. The normalized spacial score (nSPS) is 12.2. The third-order valence-corrected chi connectivity index (χ3v) is 5.44. The van der Waals surface area contributed by atoms with Gasteiger partial charge in [0.1, 0.15) is 11.4 Å². The van der Waals surface area contributed by atoms with Gasteiger partial charge in [0.25, 0.3) is 0 Å². The van der Waals surface area contributed by atoms with E-state index in [2.05, 4.69) is 5.10 Å². The third kappa shape index (κ3) is 6.00. The van der Waals surface area contributed by atoms with Crippen LogP contribution in [0.1, 0.15) is 28.9 Å². The predicted octanol–water partition coefficient (Wildman–Crippen LogP) is 3.46. The van der Waals surface area contributed by atoms with Crippen molar-refractivity contribution in [2.75, 3.05) is 13.2 Å². The Bertz CT molecular complexity index is 1110. The minimum Gasteiger partial charge on any atom is -0.393 e. The number of alkyl halides is 3. The number of nitrogens with zero attached hydrogens (tertiary/aromatic N) is 2. The van der Waals surface area contributed by atoms with Gasteiger partial charge in [-0.1, -0.05) is 41.9 Å². The van der Waals surface area contributed by atoms with E-state index >= 15 is 0 Å². The zero-order valence-electron chi connectivity index (χ0n) is 17.4. The van der Waals surface area contributed by atoms with Crippen molar-refractivity contribution in [1.82, 2.24) is 9.78 Å². The van der Waals surface area contributed by atoms with E-state index in [-0.39, 0.29) is 30.7 Å². The molecule has 0 saturated carbocycles. The highest BCUT2D eigenvalue weighted by molar-refractivity contribution is 6.30. The van der Waals surface area contributed by atoms with Gasteiger partial charge in [-0.05, 0) is 41.8 Å². The number of carbonyl (C=O) groups is 1. The molecule has 176 valence electrons. The van der Waals surface area contributed by atoms with Gasteiger partial charge in [0, 0.05) is 23.6 Å². The van der Waals surface area contributed by atoms with Crippen molar-refractivity contribution < 1.29 is 33.3 Å². The van der Waals surface area contributed by atoms with Crippen LogP contribution in [0, 0.1) is 0 Å². The summed E-state index contributed by atoms with van der Waals surface area (Å²) in [7, 11) is 0. The molecular formula is C23H22ClF3N2O4. The van der Waals surface area contributed by atoms with Crippen molar-refractivity contribution in [2.45, 2.75) is 31.0 Å². The molecule has 0 unspecified atom stereocenters. The van der Waals surface area contributed by atoms with Crippen LogP contribution in [-0.2, 0) is 29.4 Å². The van der Waals surface area contributed by atoms with Crippen LogP contribution < -0.4 is 0 Å². The van der Waals surface area contributed by atoms with Gasteiger partial charge in [0.15, 0.2) is 5.69 Å². The Hall–Kier alpha value is -2.72. The van der Waals surface area contributed by atoms with E-state index in [0.29, 0.717) is 21.8 Å². The fourth-order valence-corrected chi connectivity index (χ4v) is 3.50. The number of Topliss-reactive ketones (excluding diaryl/α,β-unsaturated/α-hetero) is 1. The zero-order chi connectivity index (χ0) is 24.2. The molecule has 33 heavy (non-hydrogen) atoms. The molecule has 0 aliphatic heterocycles. The van der Waals surface area contributed by atoms with E-state index in [1.807, 2.05) is 0 Å². The van der Waals surface area contributed by atoms with Crippen LogP contribution >= 0.6 is 11.6 Å². The Labute approximate surface area is 192 Å². The number of hydrogen-bond donors (Lipinski definition) is 3. The second-order valence-corrected chi connectivity index (χ2v) is 8.11. The van der Waals surface area contributed by atoms with E-state index in [4.69, 9.17) is 11.6 Å². The van der Waals surface area contributed by atoms with Crippen LogP contribution in [0.5, 0.6) is 0 Å². The maximum Gasteiger partial charge on any atom is 0.435 e. The molecule has 10 heteroatoms. The summed E-state index contributed by atoms with van der Waals surface area (Å²) in [5, 5.41) is 32.6. The number of aromatic nitrogens is 2. The summed E-state index contributed by atoms with van der Waals surface area (Å²) in [5.74, 6) is -0.199. The molecule has 0 saturated heterocycles. The van der Waals surface area contributed by atoms with E-state index in [0.717, 1.165) is 10.7 Å². The topological polar surface area (TPSA) is 95.6 Å². The Morgan fingerprint density at radius 1 is 1.03 bits per heavy atom. The van der Waals surface area contributed by atoms with Crippen LogP contribution in [0.15, 0.2) is 54.6 Å². The van der Waals surface area contributed by atoms with Crippen molar-refractivity contribution >= 4 is 17.4 Å². The largest absolute Gasteiger partial charge is 0.435 e. The van der Waals surface area contributed by atoms with Crippen LogP contribution in [0.4, 0.5) is 13.2 Å². The number of ketones is 1. The molecule has 0 amide bonds. The second-order valence-electron chi connectivity index (χ2n) is 7.67. The average molecular weight is 483 g/mol. The van der Waals surface area contributed by atoms with Crippen LogP contribution in [0.25, 0.3) is 5.69 Å². The summed E-state index contributed by atoms with van der Waals surface area (Å²) in [6.07, 6.45) is -4.56. The van der Waals surface area contributed by atoms with Crippen molar-refractivity contribution in [3.8, 4) is 5.69 Å². The first-order valence-electron chi connectivity index (χ1n) is 10.0. The maximum absolute atomic E-state index is 13.2. The number of aliphatic hydroxyl groups excluding tert-OH is 2. The van der Waals surface area contributed by atoms with Crippen LogP contribution in [0.2, 0.25) is 5.02 Å². The SMILES string of the molecule is O=C(CCc1cc(C(F)(F)F)nn1-c1cccc(Cl)c1)Cc1ccc(C(O)(CO)CO)cc1. The number of carbonyl (C=O) groups excluding carboxylic acids is 1. The standard InChI is InChI=1S/C23H22ClF3N2O4/c24-17-2-1-3-18(11-17)29-19(12-21(28-29)23(25,26)27)8-9-20(32)10-15-4-6-16(7-5-15)22(33,13-30)14-31/h1-7,11-12,30-31,33H,8-10,13-14H2.